The van der Waals surface area contributed by atoms with E-state index in [1.165, 1.54) is 0 Å². The highest BCUT2D eigenvalue weighted by molar-refractivity contribution is 5.78. The van der Waals surface area contributed by atoms with E-state index in [0.717, 1.165) is 6.42 Å². The third-order valence-electron chi connectivity index (χ3n) is 2.12. The van der Waals surface area contributed by atoms with E-state index in [0.29, 0.717) is 19.6 Å². The molecular weight excluding hydrogens is 170 g/mol. The van der Waals surface area contributed by atoms with E-state index in [1.807, 2.05) is 6.92 Å². The van der Waals surface area contributed by atoms with Crippen molar-refractivity contribution in [2.24, 2.45) is 0 Å². The molecule has 4 nitrogen and oxygen atoms in total. The fourth-order valence-electron chi connectivity index (χ4n) is 0.862. The van der Waals surface area contributed by atoms with Crippen LogP contribution in [-0.4, -0.2) is 36.9 Å². The van der Waals surface area contributed by atoms with Crippen LogP contribution in [0.25, 0.3) is 0 Å². The van der Waals surface area contributed by atoms with Gasteiger partial charge in [0.25, 0.3) is 0 Å². The van der Waals surface area contributed by atoms with Gasteiger partial charge in [-0.3, -0.25) is 4.79 Å². The lowest BCUT2D eigenvalue weighted by Gasteiger charge is -2.23. The first-order valence-electron chi connectivity index (χ1n) is 4.57. The third kappa shape index (κ3) is 4.24. The maximum atomic E-state index is 10.8. The fraction of sp³-hybridized carbons (Fsp3) is 0.889. The summed E-state index contributed by atoms with van der Waals surface area (Å²) in [5.74, 6) is -0.838. The minimum absolute atomic E-state index is 0.484. The molecule has 0 spiro atoms. The zero-order valence-electron chi connectivity index (χ0n) is 8.59. The van der Waals surface area contributed by atoms with Crippen LogP contribution in [0.1, 0.15) is 26.7 Å². The van der Waals surface area contributed by atoms with Crippen molar-refractivity contribution in [3.05, 3.63) is 0 Å². The molecule has 0 heterocycles. The van der Waals surface area contributed by atoms with Crippen LogP contribution in [0.15, 0.2) is 0 Å². The van der Waals surface area contributed by atoms with Gasteiger partial charge in [0.15, 0.2) is 0 Å². The summed E-state index contributed by atoms with van der Waals surface area (Å²) in [6.07, 6.45) is 1.45. The average molecular weight is 189 g/mol. The monoisotopic (exact) mass is 189 g/mol. The number of hydrogen-bond donors (Lipinski definition) is 2. The molecule has 78 valence electrons. The highest BCUT2D eigenvalue weighted by atomic mass is 16.5. The number of carboxylic acids is 1. The third-order valence-corrected chi connectivity index (χ3v) is 2.12. The highest BCUT2D eigenvalue weighted by Gasteiger charge is 2.30. The molecule has 2 N–H and O–H groups in total. The maximum absolute atomic E-state index is 10.8. The lowest BCUT2D eigenvalue weighted by Crippen LogP contribution is -2.48. The van der Waals surface area contributed by atoms with Gasteiger partial charge in [-0.2, -0.15) is 0 Å². The van der Waals surface area contributed by atoms with E-state index >= 15 is 0 Å². The Kier molecular flexibility index (Phi) is 5.66. The Morgan fingerprint density at radius 2 is 2.15 bits per heavy atom. The second kappa shape index (κ2) is 5.94. The molecule has 0 saturated heterocycles. The van der Waals surface area contributed by atoms with Crippen molar-refractivity contribution in [1.82, 2.24) is 5.32 Å². The topological polar surface area (TPSA) is 58.6 Å². The predicted molar refractivity (Wildman–Crippen MR) is 50.8 cm³/mol. The fourth-order valence-corrected chi connectivity index (χ4v) is 0.862. The summed E-state index contributed by atoms with van der Waals surface area (Å²) in [6, 6.07) is 0. The Bertz CT molecular complexity index is 161. The van der Waals surface area contributed by atoms with E-state index in [2.05, 4.69) is 5.32 Å². The van der Waals surface area contributed by atoms with Gasteiger partial charge in [-0.1, -0.05) is 6.92 Å². The second-order valence-electron chi connectivity index (χ2n) is 3.25. The summed E-state index contributed by atoms with van der Waals surface area (Å²) in [7, 11) is 1.65. The van der Waals surface area contributed by atoms with E-state index in [9.17, 15) is 4.79 Å². The van der Waals surface area contributed by atoms with Crippen molar-refractivity contribution in [3.63, 3.8) is 0 Å². The first-order chi connectivity index (χ1) is 6.06. The van der Waals surface area contributed by atoms with Gasteiger partial charge < -0.3 is 15.2 Å². The molecule has 13 heavy (non-hydrogen) atoms. The molecule has 0 aromatic rings. The summed E-state index contributed by atoms with van der Waals surface area (Å²) < 4.78 is 5.23. The Labute approximate surface area is 79.3 Å². The molecule has 0 saturated carbocycles. The number of rotatable bonds is 7. The Hall–Kier alpha value is -0.610. The molecular formula is C9H19NO3. The van der Waals surface area contributed by atoms with E-state index in [1.54, 1.807) is 14.0 Å². The Morgan fingerprint density at radius 1 is 1.54 bits per heavy atom. The molecule has 0 amide bonds. The summed E-state index contributed by atoms with van der Waals surface area (Å²) in [4.78, 5) is 10.8. The van der Waals surface area contributed by atoms with Crippen LogP contribution in [0, 0.1) is 0 Å². The average Bonchev–Trinajstić information content (AvgIpc) is 2.12. The quantitative estimate of drug-likeness (QED) is 0.583. The molecule has 1 atom stereocenters. The van der Waals surface area contributed by atoms with Gasteiger partial charge in [0.05, 0.1) is 0 Å². The van der Waals surface area contributed by atoms with Crippen LogP contribution in [-0.2, 0) is 9.53 Å². The zero-order valence-corrected chi connectivity index (χ0v) is 8.59. The molecule has 0 radical (unpaired) electrons. The highest BCUT2D eigenvalue weighted by Crippen LogP contribution is 2.09. The molecule has 0 fully saturated rings. The molecule has 4 heteroatoms. The van der Waals surface area contributed by atoms with Crippen molar-refractivity contribution in [2.45, 2.75) is 32.2 Å². The number of carboxylic acid groups (broad SMARTS) is 1. The molecule has 0 aliphatic carbocycles. The second-order valence-corrected chi connectivity index (χ2v) is 3.25. The molecule has 0 bridgehead atoms. The minimum Gasteiger partial charge on any atom is -0.480 e. The van der Waals surface area contributed by atoms with Crippen molar-refractivity contribution in [3.8, 4) is 0 Å². The van der Waals surface area contributed by atoms with Gasteiger partial charge in [-0.15, -0.1) is 0 Å². The van der Waals surface area contributed by atoms with Crippen LogP contribution in [0.3, 0.4) is 0 Å². The Balaban J connectivity index is 3.78. The molecule has 0 aliphatic heterocycles. The number of hydrogen-bond acceptors (Lipinski definition) is 3. The largest absolute Gasteiger partial charge is 0.480 e. The minimum atomic E-state index is -0.867. The normalized spacial score (nSPS) is 15.3. The lowest BCUT2D eigenvalue weighted by molar-refractivity contribution is -0.144. The standard InChI is InChI=1S/C9H19NO3/c1-4-6-13-7-5-9(2,10-3)8(11)12/h10H,4-7H2,1-3H3,(H,11,12). The summed E-state index contributed by atoms with van der Waals surface area (Å²) >= 11 is 0. The van der Waals surface area contributed by atoms with Crippen molar-refractivity contribution in [1.29, 1.82) is 0 Å². The van der Waals surface area contributed by atoms with Gasteiger partial charge in [0, 0.05) is 13.2 Å². The van der Waals surface area contributed by atoms with Crippen LogP contribution in [0.4, 0.5) is 0 Å². The van der Waals surface area contributed by atoms with Crippen LogP contribution in [0.5, 0.6) is 0 Å². The van der Waals surface area contributed by atoms with Crippen LogP contribution < -0.4 is 5.32 Å². The van der Waals surface area contributed by atoms with Crippen molar-refractivity contribution >= 4 is 5.97 Å². The number of aliphatic carboxylic acids is 1. The number of ether oxygens (including phenoxy) is 1. The molecule has 0 rings (SSSR count). The first-order valence-corrected chi connectivity index (χ1v) is 4.57. The number of carbonyl (C=O) groups is 1. The van der Waals surface area contributed by atoms with Gasteiger partial charge in [-0.25, -0.2) is 0 Å². The first kappa shape index (κ1) is 12.4. The SMILES string of the molecule is CCCOCCC(C)(NC)C(=O)O. The van der Waals surface area contributed by atoms with Crippen molar-refractivity contribution in [2.75, 3.05) is 20.3 Å². The summed E-state index contributed by atoms with van der Waals surface area (Å²) in [5, 5.41) is 11.6. The zero-order chi connectivity index (χ0) is 10.3. The number of nitrogens with one attached hydrogen (secondary N) is 1. The molecule has 0 aromatic heterocycles. The predicted octanol–water partition coefficient (Wildman–Crippen LogP) is 0.866. The van der Waals surface area contributed by atoms with Gasteiger partial charge in [0.1, 0.15) is 5.54 Å². The van der Waals surface area contributed by atoms with E-state index < -0.39 is 11.5 Å². The smallest absolute Gasteiger partial charge is 0.323 e. The maximum Gasteiger partial charge on any atom is 0.323 e. The summed E-state index contributed by atoms with van der Waals surface area (Å²) in [6.45, 7) is 4.86. The lowest BCUT2D eigenvalue weighted by atomic mass is 9.99. The Morgan fingerprint density at radius 3 is 2.54 bits per heavy atom. The van der Waals surface area contributed by atoms with E-state index in [4.69, 9.17) is 9.84 Å². The van der Waals surface area contributed by atoms with E-state index in [-0.39, 0.29) is 0 Å². The summed E-state index contributed by atoms with van der Waals surface area (Å²) in [5.41, 5.74) is -0.867. The molecule has 0 aromatic carbocycles. The van der Waals surface area contributed by atoms with Crippen LogP contribution >= 0.6 is 0 Å². The molecule has 0 aliphatic rings. The van der Waals surface area contributed by atoms with Gasteiger partial charge in [-0.05, 0) is 26.8 Å². The molecule has 1 unspecified atom stereocenters. The van der Waals surface area contributed by atoms with Crippen molar-refractivity contribution < 1.29 is 14.6 Å². The van der Waals surface area contributed by atoms with Gasteiger partial charge >= 0.3 is 5.97 Å². The number of likely N-dealkylation sites (N-methyl/N-ethyl adjacent to an activating group) is 1. The van der Waals surface area contributed by atoms with Gasteiger partial charge in [0.2, 0.25) is 0 Å². The van der Waals surface area contributed by atoms with Crippen LogP contribution in [0.2, 0.25) is 0 Å².